The number of aryl methyl sites for hydroxylation is 1. The van der Waals surface area contributed by atoms with Crippen LogP contribution < -0.4 is 0 Å². The monoisotopic (exact) mass is 273 g/mol. The molecule has 0 aliphatic carbocycles. The van der Waals surface area contributed by atoms with Gasteiger partial charge in [-0.2, -0.15) is 0 Å². The third kappa shape index (κ3) is 4.14. The summed E-state index contributed by atoms with van der Waals surface area (Å²) < 4.78 is 13.2. The summed E-state index contributed by atoms with van der Waals surface area (Å²) in [5, 5.41) is 10.5. The first kappa shape index (κ1) is 14.7. The van der Waals surface area contributed by atoms with Crippen molar-refractivity contribution in [2.75, 3.05) is 0 Å². The fourth-order valence-corrected chi connectivity index (χ4v) is 2.31. The van der Waals surface area contributed by atoms with E-state index in [-0.39, 0.29) is 5.82 Å². The van der Waals surface area contributed by atoms with Crippen LogP contribution in [0.4, 0.5) is 4.39 Å². The first-order valence-electron chi connectivity index (χ1n) is 6.89. The third-order valence-corrected chi connectivity index (χ3v) is 3.33. The topological polar surface area (TPSA) is 33.1 Å². The van der Waals surface area contributed by atoms with Crippen LogP contribution >= 0.6 is 0 Å². The van der Waals surface area contributed by atoms with E-state index in [1.54, 1.807) is 13.0 Å². The molecular formula is C17H20FNO. The van der Waals surface area contributed by atoms with E-state index in [1.165, 1.54) is 17.7 Å². The Morgan fingerprint density at radius 2 is 1.95 bits per heavy atom. The molecule has 0 saturated carbocycles. The van der Waals surface area contributed by atoms with E-state index in [0.717, 1.165) is 17.7 Å². The van der Waals surface area contributed by atoms with Crippen molar-refractivity contribution in [3.05, 3.63) is 65.2 Å². The third-order valence-electron chi connectivity index (χ3n) is 3.33. The van der Waals surface area contributed by atoms with Gasteiger partial charge in [0.05, 0.1) is 5.60 Å². The second-order valence-electron chi connectivity index (χ2n) is 5.49. The van der Waals surface area contributed by atoms with Crippen LogP contribution in [0, 0.1) is 5.82 Å². The first-order valence-corrected chi connectivity index (χ1v) is 6.89. The van der Waals surface area contributed by atoms with E-state index >= 15 is 0 Å². The molecule has 2 rings (SSSR count). The zero-order valence-corrected chi connectivity index (χ0v) is 11.9. The number of aromatic nitrogens is 1. The Morgan fingerprint density at radius 3 is 2.55 bits per heavy atom. The van der Waals surface area contributed by atoms with E-state index in [2.05, 4.69) is 11.9 Å². The highest BCUT2D eigenvalue weighted by Gasteiger charge is 2.22. The molecule has 1 atom stereocenters. The minimum Gasteiger partial charge on any atom is -0.389 e. The molecule has 1 unspecified atom stereocenters. The molecule has 0 spiro atoms. The highest BCUT2D eigenvalue weighted by molar-refractivity contribution is 5.20. The molecule has 1 heterocycles. The van der Waals surface area contributed by atoms with E-state index in [1.807, 2.05) is 24.4 Å². The molecule has 0 aliphatic rings. The molecular weight excluding hydrogens is 253 g/mol. The summed E-state index contributed by atoms with van der Waals surface area (Å²) in [6.45, 7) is 3.84. The van der Waals surface area contributed by atoms with Gasteiger partial charge in [0.15, 0.2) is 0 Å². The molecule has 0 saturated heterocycles. The second kappa shape index (κ2) is 6.14. The highest BCUT2D eigenvalue weighted by Crippen LogP contribution is 2.18. The number of rotatable bonds is 5. The van der Waals surface area contributed by atoms with Gasteiger partial charge in [-0.15, -0.1) is 0 Å². The van der Waals surface area contributed by atoms with Gasteiger partial charge < -0.3 is 5.11 Å². The van der Waals surface area contributed by atoms with Gasteiger partial charge in [-0.1, -0.05) is 25.1 Å². The van der Waals surface area contributed by atoms with Crippen LogP contribution in [0.1, 0.15) is 30.7 Å². The summed E-state index contributed by atoms with van der Waals surface area (Å²) in [6, 6.07) is 10.3. The average molecular weight is 273 g/mol. The molecule has 2 aromatic rings. The maximum atomic E-state index is 13.2. The van der Waals surface area contributed by atoms with E-state index < -0.39 is 5.60 Å². The van der Waals surface area contributed by atoms with Gasteiger partial charge >= 0.3 is 0 Å². The van der Waals surface area contributed by atoms with Crippen molar-refractivity contribution in [2.24, 2.45) is 0 Å². The maximum Gasteiger partial charge on any atom is 0.123 e. The molecule has 3 heteroatoms. The Morgan fingerprint density at radius 1 is 1.15 bits per heavy atom. The molecule has 0 aliphatic heterocycles. The van der Waals surface area contributed by atoms with Crippen LogP contribution in [0.15, 0.2) is 42.6 Å². The van der Waals surface area contributed by atoms with Crippen LogP contribution in [-0.4, -0.2) is 15.7 Å². The largest absolute Gasteiger partial charge is 0.389 e. The lowest BCUT2D eigenvalue weighted by Crippen LogP contribution is -2.30. The van der Waals surface area contributed by atoms with Crippen LogP contribution in [0.5, 0.6) is 0 Å². The molecule has 20 heavy (non-hydrogen) atoms. The summed E-state index contributed by atoms with van der Waals surface area (Å²) in [5.41, 5.74) is 1.89. The molecule has 106 valence electrons. The quantitative estimate of drug-likeness (QED) is 0.906. The Labute approximate surface area is 119 Å². The summed E-state index contributed by atoms with van der Waals surface area (Å²) in [6.07, 6.45) is 3.65. The van der Waals surface area contributed by atoms with Crippen LogP contribution in [0.2, 0.25) is 0 Å². The minimum absolute atomic E-state index is 0.274. The number of hydrogen-bond acceptors (Lipinski definition) is 2. The van der Waals surface area contributed by atoms with Crippen LogP contribution in [0.3, 0.4) is 0 Å². The van der Waals surface area contributed by atoms with Gasteiger partial charge in [-0.3, -0.25) is 4.98 Å². The first-order chi connectivity index (χ1) is 9.48. The van der Waals surface area contributed by atoms with Crippen molar-refractivity contribution in [3.63, 3.8) is 0 Å². The lowest BCUT2D eigenvalue weighted by molar-refractivity contribution is 0.0598. The van der Waals surface area contributed by atoms with Crippen LogP contribution in [0.25, 0.3) is 0 Å². The highest BCUT2D eigenvalue weighted by atomic mass is 19.1. The van der Waals surface area contributed by atoms with Gasteiger partial charge in [-0.25, -0.2) is 4.39 Å². The number of pyridine rings is 1. The lowest BCUT2D eigenvalue weighted by atomic mass is 9.91. The number of nitrogens with zero attached hydrogens (tertiary/aromatic N) is 1. The van der Waals surface area contributed by atoms with Crippen molar-refractivity contribution in [1.82, 2.24) is 4.98 Å². The SMILES string of the molecule is CCc1ccc(CC(C)(O)Cc2cccc(F)c2)nc1. The van der Waals surface area contributed by atoms with Crippen molar-refractivity contribution in [2.45, 2.75) is 38.7 Å². The normalized spacial score (nSPS) is 14.0. The van der Waals surface area contributed by atoms with Gasteiger partial charge in [0.1, 0.15) is 5.82 Å². The molecule has 1 aromatic heterocycles. The average Bonchev–Trinajstić information content (AvgIpc) is 2.38. The molecule has 0 amide bonds. The zero-order chi connectivity index (χ0) is 14.6. The van der Waals surface area contributed by atoms with E-state index in [4.69, 9.17) is 0 Å². The van der Waals surface area contributed by atoms with Crippen molar-refractivity contribution >= 4 is 0 Å². The predicted molar refractivity (Wildman–Crippen MR) is 78.0 cm³/mol. The predicted octanol–water partition coefficient (Wildman–Crippen LogP) is 3.32. The molecule has 0 radical (unpaired) electrons. The summed E-state index contributed by atoms with van der Waals surface area (Å²) in [4.78, 5) is 4.36. The smallest absolute Gasteiger partial charge is 0.123 e. The number of hydrogen-bond donors (Lipinski definition) is 1. The van der Waals surface area contributed by atoms with Gasteiger partial charge in [0.25, 0.3) is 0 Å². The molecule has 1 N–H and O–H groups in total. The molecule has 1 aromatic carbocycles. The fourth-order valence-electron chi connectivity index (χ4n) is 2.31. The summed E-state index contributed by atoms with van der Waals surface area (Å²) in [5.74, 6) is -0.274. The van der Waals surface area contributed by atoms with Gasteiger partial charge in [-0.05, 0) is 42.7 Å². The summed E-state index contributed by atoms with van der Waals surface area (Å²) in [7, 11) is 0. The molecule has 0 bridgehead atoms. The number of aliphatic hydroxyl groups is 1. The summed E-state index contributed by atoms with van der Waals surface area (Å²) >= 11 is 0. The minimum atomic E-state index is -0.936. The Hall–Kier alpha value is -1.74. The fraction of sp³-hybridized carbons (Fsp3) is 0.353. The van der Waals surface area contributed by atoms with Crippen molar-refractivity contribution < 1.29 is 9.50 Å². The van der Waals surface area contributed by atoms with E-state index in [0.29, 0.717) is 12.8 Å². The van der Waals surface area contributed by atoms with Gasteiger partial charge in [0.2, 0.25) is 0 Å². The zero-order valence-electron chi connectivity index (χ0n) is 11.9. The molecule has 0 fully saturated rings. The number of halogens is 1. The molecule has 2 nitrogen and oxygen atoms in total. The van der Waals surface area contributed by atoms with Crippen molar-refractivity contribution in [1.29, 1.82) is 0 Å². The Bertz CT molecular complexity index is 563. The lowest BCUT2D eigenvalue weighted by Gasteiger charge is -2.23. The van der Waals surface area contributed by atoms with Gasteiger partial charge in [0, 0.05) is 24.7 Å². The van der Waals surface area contributed by atoms with Crippen LogP contribution in [-0.2, 0) is 19.3 Å². The maximum absolute atomic E-state index is 13.2. The number of benzene rings is 1. The van der Waals surface area contributed by atoms with Crippen molar-refractivity contribution in [3.8, 4) is 0 Å². The Balaban J connectivity index is 2.06. The standard InChI is InChI=1S/C17H20FNO/c1-3-13-7-8-16(19-12-13)11-17(2,20)10-14-5-4-6-15(18)9-14/h4-9,12,20H,3,10-11H2,1-2H3. The Kier molecular flexibility index (Phi) is 4.50. The second-order valence-corrected chi connectivity index (χ2v) is 5.49. The van der Waals surface area contributed by atoms with E-state index in [9.17, 15) is 9.50 Å².